The number of rotatable bonds is 6. The second kappa shape index (κ2) is 14.9. The van der Waals surface area contributed by atoms with Crippen molar-refractivity contribution >= 4 is 27.6 Å². The number of likely N-dealkylation sites (tertiary alicyclic amines) is 1. The molecule has 0 radical (unpaired) electrons. The van der Waals surface area contributed by atoms with Gasteiger partial charge in [-0.1, -0.05) is 49.2 Å². The van der Waals surface area contributed by atoms with Gasteiger partial charge in [-0.05, 0) is 89.0 Å². The van der Waals surface area contributed by atoms with E-state index < -0.39 is 12.7 Å². The molecule has 5 aliphatic rings. The summed E-state index contributed by atoms with van der Waals surface area (Å²) in [6.45, 7) is 9.17. The Bertz CT molecular complexity index is 926. The van der Waals surface area contributed by atoms with Crippen LogP contribution in [0.3, 0.4) is 0 Å². The van der Waals surface area contributed by atoms with Gasteiger partial charge >= 0.3 is 6.18 Å². The molecule has 1 amide bonds. The lowest BCUT2D eigenvalue weighted by molar-refractivity contribution is -0.144. The monoisotopic (exact) mass is 660 g/mol. The number of ketones is 1. The predicted octanol–water partition coefficient (Wildman–Crippen LogP) is 6.40. The number of allylic oxidation sites excluding steroid dienone is 1. The molecule has 7 atom stereocenters. The fourth-order valence-corrected chi connectivity index (χ4v) is 9.06. The average molecular weight is 662 g/mol. The van der Waals surface area contributed by atoms with Crippen molar-refractivity contribution in [2.45, 2.75) is 139 Å². The second-order valence-electron chi connectivity index (χ2n) is 13.7. The van der Waals surface area contributed by atoms with E-state index >= 15 is 0 Å². The number of nitrogens with zero attached hydrogens (tertiary/aromatic N) is 2. The molecule has 240 valence electrons. The van der Waals surface area contributed by atoms with E-state index in [1.807, 2.05) is 0 Å². The van der Waals surface area contributed by atoms with Gasteiger partial charge in [-0.15, -0.1) is 0 Å². The molecule has 42 heavy (non-hydrogen) atoms. The smallest absolute Gasteiger partial charge is 0.339 e. The minimum atomic E-state index is -4.24. The SMILES string of the molecule is C=CC(C)=O.CC(C)C1CCC(N2NC3CCCCC4C3C2CCN4C(=O)C2CCC(Br)C(NCC(F)(F)F)C2)CC1. The highest BCUT2D eigenvalue weighted by Crippen LogP contribution is 2.44. The van der Waals surface area contributed by atoms with Gasteiger partial charge < -0.3 is 10.2 Å². The number of carbonyl (C=O) groups is 2. The van der Waals surface area contributed by atoms with E-state index in [9.17, 15) is 22.8 Å². The van der Waals surface area contributed by atoms with E-state index in [2.05, 4.69) is 57.0 Å². The topological polar surface area (TPSA) is 64.7 Å². The molecule has 2 aliphatic heterocycles. The van der Waals surface area contributed by atoms with Crippen LogP contribution in [0.15, 0.2) is 12.7 Å². The van der Waals surface area contributed by atoms with Gasteiger partial charge in [-0.25, -0.2) is 5.01 Å². The highest BCUT2D eigenvalue weighted by Gasteiger charge is 2.53. The normalized spacial score (nSPS) is 37.3. The van der Waals surface area contributed by atoms with Crippen molar-refractivity contribution in [1.82, 2.24) is 20.7 Å². The van der Waals surface area contributed by atoms with Gasteiger partial charge in [0.2, 0.25) is 5.91 Å². The van der Waals surface area contributed by atoms with Crippen LogP contribution in [0.5, 0.6) is 0 Å². The van der Waals surface area contributed by atoms with Gasteiger partial charge in [0.05, 0.1) is 6.54 Å². The summed E-state index contributed by atoms with van der Waals surface area (Å²) in [5, 5.41) is 5.32. The number of nitrogens with one attached hydrogen (secondary N) is 2. The van der Waals surface area contributed by atoms with Gasteiger partial charge in [0.25, 0.3) is 0 Å². The molecule has 0 bridgehead atoms. The first-order chi connectivity index (χ1) is 19.9. The molecule has 2 heterocycles. The van der Waals surface area contributed by atoms with Gasteiger partial charge in [0.1, 0.15) is 0 Å². The number of amides is 1. The molecule has 7 unspecified atom stereocenters. The molecule has 0 aromatic carbocycles. The van der Waals surface area contributed by atoms with E-state index in [0.29, 0.717) is 30.5 Å². The van der Waals surface area contributed by atoms with Crippen molar-refractivity contribution in [3.63, 3.8) is 0 Å². The molecule has 5 rings (SSSR count). The molecular formula is C32H52BrF3N4O2. The van der Waals surface area contributed by atoms with Crippen LogP contribution in [0.4, 0.5) is 13.2 Å². The van der Waals surface area contributed by atoms with Crippen LogP contribution in [-0.4, -0.2) is 75.9 Å². The minimum Gasteiger partial charge on any atom is -0.339 e. The van der Waals surface area contributed by atoms with E-state index in [1.165, 1.54) is 51.5 Å². The molecule has 0 aromatic rings. The zero-order valence-corrected chi connectivity index (χ0v) is 27.3. The number of hydrogen-bond acceptors (Lipinski definition) is 5. The number of alkyl halides is 4. The zero-order chi connectivity index (χ0) is 30.6. The third kappa shape index (κ3) is 8.39. The lowest BCUT2D eigenvalue weighted by atomic mass is 9.76. The van der Waals surface area contributed by atoms with Crippen LogP contribution >= 0.6 is 15.9 Å². The Morgan fingerprint density at radius 3 is 2.31 bits per heavy atom. The summed E-state index contributed by atoms with van der Waals surface area (Å²) >= 11 is 3.57. The van der Waals surface area contributed by atoms with Crippen molar-refractivity contribution in [2.24, 2.45) is 23.7 Å². The molecule has 0 aromatic heterocycles. The number of piperidine rings is 1. The van der Waals surface area contributed by atoms with Crippen LogP contribution in [0.2, 0.25) is 0 Å². The Morgan fingerprint density at radius 2 is 1.69 bits per heavy atom. The highest BCUT2D eigenvalue weighted by atomic mass is 79.9. The van der Waals surface area contributed by atoms with Crippen LogP contribution in [-0.2, 0) is 9.59 Å². The van der Waals surface area contributed by atoms with Gasteiger partial charge in [-0.3, -0.25) is 15.0 Å². The molecule has 10 heteroatoms. The number of halogens is 4. The van der Waals surface area contributed by atoms with Crippen LogP contribution in [0.1, 0.15) is 97.8 Å². The summed E-state index contributed by atoms with van der Waals surface area (Å²) < 4.78 is 38.5. The van der Waals surface area contributed by atoms with E-state index in [4.69, 9.17) is 0 Å². The maximum Gasteiger partial charge on any atom is 0.401 e. The maximum absolute atomic E-state index is 13.9. The summed E-state index contributed by atoms with van der Waals surface area (Å²) in [7, 11) is 0. The Balaban J connectivity index is 0.000000748. The third-order valence-corrected chi connectivity index (χ3v) is 11.8. The highest BCUT2D eigenvalue weighted by molar-refractivity contribution is 9.09. The standard InChI is InChI=1S/C28H46BrF3N4O.C4H6O/c1-17(2)18-7-10-20(11-8-18)36-25-13-14-35(24-6-4-3-5-22(34-36)26(24)25)27(37)19-9-12-21(29)23(15-19)33-16-28(30,31)32;1-3-4(2)5/h17-26,33-34H,3-16H2,1-2H3;3H,1H2,2H3. The van der Waals surface area contributed by atoms with Crippen molar-refractivity contribution in [1.29, 1.82) is 0 Å². The Labute approximate surface area is 259 Å². The first-order valence-electron chi connectivity index (χ1n) is 16.3. The number of hydrogen-bond donors (Lipinski definition) is 2. The van der Waals surface area contributed by atoms with Gasteiger partial charge in [-0.2, -0.15) is 13.2 Å². The van der Waals surface area contributed by atoms with Crippen LogP contribution < -0.4 is 10.7 Å². The molecule has 2 N–H and O–H groups in total. The zero-order valence-electron chi connectivity index (χ0n) is 25.7. The number of hydrazine groups is 1. The molecule has 5 fully saturated rings. The van der Waals surface area contributed by atoms with E-state index in [1.54, 1.807) is 0 Å². The summed E-state index contributed by atoms with van der Waals surface area (Å²) in [6.07, 6.45) is 9.75. The van der Waals surface area contributed by atoms with Crippen LogP contribution in [0.25, 0.3) is 0 Å². The average Bonchev–Trinajstić information content (AvgIpc) is 3.19. The van der Waals surface area contributed by atoms with E-state index in [-0.39, 0.29) is 34.5 Å². The number of carbonyl (C=O) groups excluding carboxylic acids is 2. The van der Waals surface area contributed by atoms with Crippen LogP contribution in [0, 0.1) is 23.7 Å². The molecule has 0 spiro atoms. The summed E-state index contributed by atoms with van der Waals surface area (Å²) in [5.74, 6) is 2.10. The summed E-state index contributed by atoms with van der Waals surface area (Å²) in [6, 6.07) is 1.47. The predicted molar refractivity (Wildman–Crippen MR) is 164 cm³/mol. The molecule has 6 nitrogen and oxygen atoms in total. The Morgan fingerprint density at radius 1 is 1.02 bits per heavy atom. The first kappa shape index (κ1) is 33.9. The second-order valence-corrected chi connectivity index (χ2v) is 14.9. The minimum absolute atomic E-state index is 0.0185. The fourth-order valence-electron chi connectivity index (χ4n) is 8.40. The molecular weight excluding hydrogens is 609 g/mol. The Kier molecular flexibility index (Phi) is 12.0. The van der Waals surface area contributed by atoms with E-state index in [0.717, 1.165) is 50.5 Å². The van der Waals surface area contributed by atoms with Crippen molar-refractivity contribution in [3.8, 4) is 0 Å². The third-order valence-electron chi connectivity index (χ3n) is 10.7. The summed E-state index contributed by atoms with van der Waals surface area (Å²) in [5.41, 5.74) is 3.97. The Hall–Kier alpha value is -0.970. The molecule has 3 aliphatic carbocycles. The summed E-state index contributed by atoms with van der Waals surface area (Å²) in [4.78, 5) is 25.8. The lowest BCUT2D eigenvalue weighted by Crippen LogP contribution is -2.58. The lowest BCUT2D eigenvalue weighted by Gasteiger charge is -2.48. The quantitative estimate of drug-likeness (QED) is 0.255. The molecule has 3 saturated carbocycles. The largest absolute Gasteiger partial charge is 0.401 e. The molecule has 2 saturated heterocycles. The fraction of sp³-hybridized carbons (Fsp3) is 0.875. The first-order valence-corrected chi connectivity index (χ1v) is 17.2. The van der Waals surface area contributed by atoms with Crippen molar-refractivity contribution < 1.29 is 22.8 Å². The van der Waals surface area contributed by atoms with Crippen molar-refractivity contribution in [3.05, 3.63) is 12.7 Å². The van der Waals surface area contributed by atoms with Gasteiger partial charge in [0.15, 0.2) is 5.78 Å². The van der Waals surface area contributed by atoms with Gasteiger partial charge in [0, 0.05) is 53.4 Å². The van der Waals surface area contributed by atoms with Crippen molar-refractivity contribution in [2.75, 3.05) is 13.1 Å². The maximum atomic E-state index is 13.9.